The quantitative estimate of drug-likeness (QED) is 0.476. The number of hydrazine groups is 1. The lowest BCUT2D eigenvalue weighted by molar-refractivity contribution is -0.153. The Kier molecular flexibility index (Phi) is 8.11. The second-order valence-electron chi connectivity index (χ2n) is 5.79. The lowest BCUT2D eigenvalue weighted by atomic mass is 10.0. The monoisotopic (exact) mass is 349 g/mol. The third-order valence-electron chi connectivity index (χ3n) is 3.17. The number of carbonyl (C=O) groups excluding carboxylic acids is 4. The van der Waals surface area contributed by atoms with E-state index in [0.29, 0.717) is 0 Å². The van der Waals surface area contributed by atoms with Gasteiger partial charge in [0.15, 0.2) is 6.61 Å². The Morgan fingerprint density at radius 1 is 1.00 bits per heavy atom. The average molecular weight is 349 g/mol. The molecule has 0 saturated heterocycles. The Balaban J connectivity index is 2.51. The minimum Gasteiger partial charge on any atom is -0.454 e. The van der Waals surface area contributed by atoms with Crippen molar-refractivity contribution in [1.82, 2.24) is 16.2 Å². The van der Waals surface area contributed by atoms with Crippen LogP contribution >= 0.6 is 0 Å². The zero-order chi connectivity index (χ0) is 18.8. The molecule has 0 bridgehead atoms. The highest BCUT2D eigenvalue weighted by Gasteiger charge is 2.26. The fourth-order valence-electron chi connectivity index (χ4n) is 1.92. The van der Waals surface area contributed by atoms with E-state index in [0.717, 1.165) is 5.56 Å². The summed E-state index contributed by atoms with van der Waals surface area (Å²) in [5.41, 5.74) is 4.98. The molecule has 8 heteroatoms. The van der Waals surface area contributed by atoms with Gasteiger partial charge in [-0.3, -0.25) is 25.2 Å². The van der Waals surface area contributed by atoms with Gasteiger partial charge in [0.1, 0.15) is 6.04 Å². The molecule has 0 spiro atoms. The Labute approximate surface area is 146 Å². The molecule has 8 nitrogen and oxygen atoms in total. The van der Waals surface area contributed by atoms with Crippen molar-refractivity contribution in [2.75, 3.05) is 6.61 Å². The van der Waals surface area contributed by atoms with E-state index in [2.05, 4.69) is 16.2 Å². The zero-order valence-corrected chi connectivity index (χ0v) is 14.5. The van der Waals surface area contributed by atoms with E-state index in [-0.39, 0.29) is 18.2 Å². The summed E-state index contributed by atoms with van der Waals surface area (Å²) in [5.74, 6) is -2.38. The predicted octanol–water partition coefficient (Wildman–Crippen LogP) is 0.0804. The average Bonchev–Trinajstić information content (AvgIpc) is 2.56. The van der Waals surface area contributed by atoms with Crippen molar-refractivity contribution < 1.29 is 23.9 Å². The van der Waals surface area contributed by atoms with Crippen molar-refractivity contribution in [1.29, 1.82) is 0 Å². The minimum absolute atomic E-state index is 0.139. The highest BCUT2D eigenvalue weighted by molar-refractivity contribution is 5.87. The number of nitrogens with one attached hydrogen (secondary N) is 3. The van der Waals surface area contributed by atoms with Crippen LogP contribution in [0.4, 0.5) is 0 Å². The van der Waals surface area contributed by atoms with Crippen molar-refractivity contribution >= 4 is 23.7 Å². The highest BCUT2D eigenvalue weighted by Crippen LogP contribution is 2.06. The summed E-state index contributed by atoms with van der Waals surface area (Å²) in [4.78, 5) is 46.3. The lowest BCUT2D eigenvalue weighted by Gasteiger charge is -2.20. The van der Waals surface area contributed by atoms with E-state index in [1.54, 1.807) is 13.8 Å². The summed E-state index contributed by atoms with van der Waals surface area (Å²) in [5, 5.41) is 2.62. The molecule has 0 saturated carbocycles. The molecule has 136 valence electrons. The summed E-state index contributed by atoms with van der Waals surface area (Å²) in [6.45, 7) is 4.18. The molecule has 3 N–H and O–H groups in total. The van der Waals surface area contributed by atoms with Crippen LogP contribution in [0.5, 0.6) is 0 Å². The normalized spacial score (nSPS) is 11.4. The first kappa shape index (κ1) is 20.1. The molecule has 0 aliphatic rings. The molecule has 0 aliphatic heterocycles. The van der Waals surface area contributed by atoms with Gasteiger partial charge < -0.3 is 10.1 Å². The zero-order valence-electron chi connectivity index (χ0n) is 14.5. The fourth-order valence-corrected chi connectivity index (χ4v) is 1.92. The van der Waals surface area contributed by atoms with Crippen molar-refractivity contribution in [2.45, 2.75) is 33.2 Å². The maximum absolute atomic E-state index is 12.1. The second kappa shape index (κ2) is 10.1. The largest absolute Gasteiger partial charge is 0.454 e. The maximum atomic E-state index is 12.1. The van der Waals surface area contributed by atoms with E-state index >= 15 is 0 Å². The van der Waals surface area contributed by atoms with Gasteiger partial charge in [-0.2, -0.15) is 0 Å². The summed E-state index contributed by atoms with van der Waals surface area (Å²) in [7, 11) is 0. The molecular formula is C17H23N3O5. The molecule has 25 heavy (non-hydrogen) atoms. The van der Waals surface area contributed by atoms with Gasteiger partial charge in [-0.25, -0.2) is 4.79 Å². The topological polar surface area (TPSA) is 114 Å². The molecule has 0 radical (unpaired) electrons. The van der Waals surface area contributed by atoms with E-state index in [9.17, 15) is 19.2 Å². The van der Waals surface area contributed by atoms with Gasteiger partial charge in [-0.05, 0) is 11.5 Å². The van der Waals surface area contributed by atoms with Crippen LogP contribution in [0.25, 0.3) is 0 Å². The standard InChI is InChI=1S/C17H23N3O5/c1-11(2)16(17(24)25-10-15(23)20-19-12(3)21)18-14(22)9-13-7-5-4-6-8-13/h4-8,11,16H,9-10H2,1-3H3,(H,18,22)(H,19,21)(H,20,23)/t16-/m0/s1. The van der Waals surface area contributed by atoms with E-state index < -0.39 is 30.4 Å². The Morgan fingerprint density at radius 3 is 2.20 bits per heavy atom. The minimum atomic E-state index is -0.871. The first-order valence-corrected chi connectivity index (χ1v) is 7.85. The Morgan fingerprint density at radius 2 is 1.64 bits per heavy atom. The third-order valence-corrected chi connectivity index (χ3v) is 3.17. The van der Waals surface area contributed by atoms with Crippen molar-refractivity contribution in [3.05, 3.63) is 35.9 Å². The summed E-state index contributed by atoms with van der Waals surface area (Å²) < 4.78 is 4.89. The summed E-state index contributed by atoms with van der Waals surface area (Å²) >= 11 is 0. The molecule has 0 aromatic heterocycles. The van der Waals surface area contributed by atoms with Gasteiger partial charge in [-0.15, -0.1) is 0 Å². The number of esters is 1. The van der Waals surface area contributed by atoms with Crippen LogP contribution in [0, 0.1) is 5.92 Å². The molecule has 0 heterocycles. The molecule has 0 aliphatic carbocycles. The van der Waals surface area contributed by atoms with Crippen LogP contribution in [0.1, 0.15) is 26.3 Å². The number of rotatable bonds is 7. The third kappa shape index (κ3) is 7.96. The van der Waals surface area contributed by atoms with Gasteiger partial charge in [0, 0.05) is 6.92 Å². The number of hydrogen-bond donors (Lipinski definition) is 3. The smallest absolute Gasteiger partial charge is 0.329 e. The molecule has 1 aromatic rings. The van der Waals surface area contributed by atoms with Crippen molar-refractivity contribution in [3.8, 4) is 0 Å². The first-order chi connectivity index (χ1) is 11.8. The number of hydrogen-bond acceptors (Lipinski definition) is 5. The van der Waals surface area contributed by atoms with Crippen LogP contribution in [0.15, 0.2) is 30.3 Å². The highest BCUT2D eigenvalue weighted by atomic mass is 16.5. The fraction of sp³-hybridized carbons (Fsp3) is 0.412. The van der Waals surface area contributed by atoms with Gasteiger partial charge in [0.05, 0.1) is 6.42 Å². The maximum Gasteiger partial charge on any atom is 0.329 e. The van der Waals surface area contributed by atoms with Gasteiger partial charge in [0.25, 0.3) is 5.91 Å². The van der Waals surface area contributed by atoms with Gasteiger partial charge in [0.2, 0.25) is 11.8 Å². The predicted molar refractivity (Wildman–Crippen MR) is 89.8 cm³/mol. The first-order valence-electron chi connectivity index (χ1n) is 7.85. The number of carbonyl (C=O) groups is 4. The molecular weight excluding hydrogens is 326 g/mol. The SMILES string of the molecule is CC(=O)NNC(=O)COC(=O)[C@@H](NC(=O)Cc1ccccc1)C(C)C. The van der Waals surface area contributed by atoms with Crippen LogP contribution in [0.2, 0.25) is 0 Å². The molecule has 0 unspecified atom stereocenters. The molecule has 0 fully saturated rings. The van der Waals surface area contributed by atoms with Crippen molar-refractivity contribution in [3.63, 3.8) is 0 Å². The lowest BCUT2D eigenvalue weighted by Crippen LogP contribution is -2.47. The molecule has 1 aromatic carbocycles. The second-order valence-corrected chi connectivity index (χ2v) is 5.79. The summed E-state index contributed by atoms with van der Waals surface area (Å²) in [6, 6.07) is 8.25. The van der Waals surface area contributed by atoms with Gasteiger partial charge >= 0.3 is 5.97 Å². The van der Waals surface area contributed by atoms with E-state index in [4.69, 9.17) is 4.74 Å². The Bertz CT molecular complexity index is 616. The Hall–Kier alpha value is -2.90. The summed E-state index contributed by atoms with van der Waals surface area (Å²) in [6.07, 6.45) is 0.139. The number of amides is 3. The van der Waals surface area contributed by atoms with Crippen molar-refractivity contribution in [2.24, 2.45) is 5.92 Å². The van der Waals surface area contributed by atoms with E-state index in [1.807, 2.05) is 30.3 Å². The van der Waals surface area contributed by atoms with Crippen LogP contribution in [0.3, 0.4) is 0 Å². The van der Waals surface area contributed by atoms with Crippen LogP contribution in [-0.2, 0) is 30.3 Å². The molecule has 1 rings (SSSR count). The molecule has 3 amide bonds. The number of benzene rings is 1. The van der Waals surface area contributed by atoms with Gasteiger partial charge in [-0.1, -0.05) is 44.2 Å². The molecule has 1 atom stereocenters. The van der Waals surface area contributed by atoms with Crippen LogP contribution in [-0.4, -0.2) is 36.3 Å². The van der Waals surface area contributed by atoms with Crippen LogP contribution < -0.4 is 16.2 Å². The number of ether oxygens (including phenoxy) is 1. The van der Waals surface area contributed by atoms with E-state index in [1.165, 1.54) is 6.92 Å².